The second-order valence-corrected chi connectivity index (χ2v) is 4.42. The third-order valence-corrected chi connectivity index (χ3v) is 3.13. The molecule has 0 radical (unpaired) electrons. The molecule has 7 nitrogen and oxygen atoms in total. The van der Waals surface area contributed by atoms with Gasteiger partial charge in [0.05, 0.1) is 6.07 Å². The fourth-order valence-electron chi connectivity index (χ4n) is 2.13. The Morgan fingerprint density at radius 3 is 2.78 bits per heavy atom. The number of nitrogens with zero attached hydrogens (tertiary/aromatic N) is 1. The molecule has 1 aliphatic rings. The smallest absolute Gasteiger partial charge is 0.395 e. The maximum Gasteiger partial charge on any atom is 0.433 e. The number of carbonyl (C=O) groups is 1. The third-order valence-electron chi connectivity index (χ3n) is 3.13. The predicted molar refractivity (Wildman–Crippen MR) is 63.1 cm³/mol. The molecule has 1 heterocycles. The largest absolute Gasteiger partial charge is 0.433 e. The van der Waals surface area contributed by atoms with Gasteiger partial charge >= 0.3 is 5.88 Å². The van der Waals surface area contributed by atoms with E-state index in [9.17, 15) is 14.9 Å². The van der Waals surface area contributed by atoms with Crippen LogP contribution >= 0.6 is 0 Å². The van der Waals surface area contributed by atoms with Crippen molar-refractivity contribution in [3.8, 4) is 0 Å². The van der Waals surface area contributed by atoms with Crippen molar-refractivity contribution in [1.29, 1.82) is 0 Å². The summed E-state index contributed by atoms with van der Waals surface area (Å²) in [5, 5.41) is 13.2. The Labute approximate surface area is 103 Å². The van der Waals surface area contributed by atoms with Crippen molar-refractivity contribution in [2.75, 3.05) is 0 Å². The molecule has 3 N–H and O–H groups in total. The zero-order valence-electron chi connectivity index (χ0n) is 9.80. The first-order chi connectivity index (χ1) is 8.58. The van der Waals surface area contributed by atoms with Crippen molar-refractivity contribution >= 4 is 11.8 Å². The number of furan rings is 1. The Morgan fingerprint density at radius 1 is 1.44 bits per heavy atom. The molecular weight excluding hydrogens is 238 g/mol. The molecule has 2 unspecified atom stereocenters. The Bertz CT molecular complexity index is 457. The maximum atomic E-state index is 11.8. The first kappa shape index (κ1) is 12.6. The molecule has 1 aromatic heterocycles. The topological polar surface area (TPSA) is 111 Å². The van der Waals surface area contributed by atoms with Gasteiger partial charge in [-0.15, -0.1) is 0 Å². The van der Waals surface area contributed by atoms with Crippen LogP contribution in [-0.4, -0.2) is 22.9 Å². The second kappa shape index (κ2) is 5.18. The van der Waals surface area contributed by atoms with Gasteiger partial charge in [0.2, 0.25) is 0 Å². The molecule has 2 rings (SSSR count). The van der Waals surface area contributed by atoms with E-state index < -0.39 is 16.7 Å². The molecule has 0 bridgehead atoms. The van der Waals surface area contributed by atoms with Gasteiger partial charge in [0.15, 0.2) is 5.76 Å². The molecule has 1 fully saturated rings. The molecule has 98 valence electrons. The minimum absolute atomic E-state index is 0.0560. The molecule has 2 atom stereocenters. The quantitative estimate of drug-likeness (QED) is 0.620. The minimum atomic E-state index is -0.677. The van der Waals surface area contributed by atoms with E-state index in [0.29, 0.717) is 0 Å². The summed E-state index contributed by atoms with van der Waals surface area (Å²) in [6, 6.07) is 2.31. The van der Waals surface area contributed by atoms with Crippen molar-refractivity contribution in [3.05, 3.63) is 28.0 Å². The number of nitro groups is 1. The van der Waals surface area contributed by atoms with Crippen molar-refractivity contribution in [2.45, 2.75) is 37.8 Å². The van der Waals surface area contributed by atoms with Crippen LogP contribution in [0.4, 0.5) is 5.88 Å². The number of nitrogens with two attached hydrogens (primary N) is 1. The average Bonchev–Trinajstić information content (AvgIpc) is 2.81. The lowest BCUT2D eigenvalue weighted by Crippen LogP contribution is -2.49. The molecular formula is C11H15N3O4. The monoisotopic (exact) mass is 253 g/mol. The number of hydrogen-bond acceptors (Lipinski definition) is 5. The number of nitrogens with one attached hydrogen (secondary N) is 1. The van der Waals surface area contributed by atoms with Crippen LogP contribution in [0.15, 0.2) is 16.5 Å². The SMILES string of the molecule is NC1CCCCC1NC(=O)c1ccc([N+](=O)[O-])o1. The van der Waals surface area contributed by atoms with Gasteiger partial charge in [-0.05, 0) is 18.9 Å². The van der Waals surface area contributed by atoms with Gasteiger partial charge in [-0.1, -0.05) is 12.8 Å². The van der Waals surface area contributed by atoms with Gasteiger partial charge in [0, 0.05) is 12.1 Å². The van der Waals surface area contributed by atoms with Gasteiger partial charge in [-0.25, -0.2) is 0 Å². The summed E-state index contributed by atoms with van der Waals surface area (Å²) in [6.45, 7) is 0. The zero-order valence-corrected chi connectivity index (χ0v) is 9.80. The van der Waals surface area contributed by atoms with E-state index in [-0.39, 0.29) is 17.8 Å². The van der Waals surface area contributed by atoms with Crippen molar-refractivity contribution < 1.29 is 14.1 Å². The summed E-state index contributed by atoms with van der Waals surface area (Å²) < 4.78 is 4.83. The third kappa shape index (κ3) is 2.67. The van der Waals surface area contributed by atoms with Crippen LogP contribution in [0, 0.1) is 10.1 Å². The molecule has 0 aliphatic heterocycles. The highest BCUT2D eigenvalue weighted by atomic mass is 16.6. The molecule has 0 spiro atoms. The fraction of sp³-hybridized carbons (Fsp3) is 0.545. The number of carbonyl (C=O) groups excluding carboxylic acids is 1. The molecule has 1 aliphatic carbocycles. The summed E-state index contributed by atoms with van der Waals surface area (Å²) >= 11 is 0. The highest BCUT2D eigenvalue weighted by Crippen LogP contribution is 2.19. The van der Waals surface area contributed by atoms with E-state index in [0.717, 1.165) is 31.7 Å². The summed E-state index contributed by atoms with van der Waals surface area (Å²) in [5.74, 6) is -0.946. The van der Waals surface area contributed by atoms with E-state index in [1.54, 1.807) is 0 Å². The van der Waals surface area contributed by atoms with Gasteiger partial charge < -0.3 is 15.5 Å². The molecule has 0 aromatic carbocycles. The molecule has 0 saturated heterocycles. The summed E-state index contributed by atoms with van der Waals surface area (Å²) in [7, 11) is 0. The predicted octanol–water partition coefficient (Wildman–Crippen LogP) is 1.19. The number of amides is 1. The van der Waals surface area contributed by atoms with Crippen LogP contribution in [0.1, 0.15) is 36.2 Å². The van der Waals surface area contributed by atoms with Gasteiger partial charge in [0.25, 0.3) is 5.91 Å². The van der Waals surface area contributed by atoms with E-state index in [4.69, 9.17) is 10.2 Å². The van der Waals surface area contributed by atoms with Crippen LogP contribution in [0.5, 0.6) is 0 Å². The summed E-state index contributed by atoms with van der Waals surface area (Å²) in [5.41, 5.74) is 5.91. The lowest BCUT2D eigenvalue weighted by atomic mass is 9.91. The Morgan fingerprint density at radius 2 is 2.17 bits per heavy atom. The normalized spacial score (nSPS) is 23.6. The summed E-state index contributed by atoms with van der Waals surface area (Å²) in [6.07, 6.45) is 3.80. The molecule has 18 heavy (non-hydrogen) atoms. The average molecular weight is 253 g/mol. The van der Waals surface area contributed by atoms with E-state index in [1.807, 2.05) is 0 Å². The number of rotatable bonds is 3. The lowest BCUT2D eigenvalue weighted by Gasteiger charge is -2.28. The fourth-order valence-corrected chi connectivity index (χ4v) is 2.13. The zero-order chi connectivity index (χ0) is 13.1. The summed E-state index contributed by atoms with van der Waals surface area (Å²) in [4.78, 5) is 21.6. The highest BCUT2D eigenvalue weighted by molar-refractivity contribution is 5.91. The van der Waals surface area contributed by atoms with Crippen LogP contribution < -0.4 is 11.1 Å². The van der Waals surface area contributed by atoms with Crippen molar-refractivity contribution in [1.82, 2.24) is 5.32 Å². The Balaban J connectivity index is 2.00. The van der Waals surface area contributed by atoms with Gasteiger partial charge in [-0.2, -0.15) is 0 Å². The standard InChI is InChI=1S/C11H15N3O4/c12-7-3-1-2-4-8(7)13-11(15)9-5-6-10(18-9)14(16)17/h5-8H,1-4,12H2,(H,13,15). The molecule has 1 aromatic rings. The Kier molecular flexibility index (Phi) is 3.61. The van der Waals surface area contributed by atoms with Crippen molar-refractivity contribution in [2.24, 2.45) is 5.73 Å². The van der Waals surface area contributed by atoms with Gasteiger partial charge in [0.1, 0.15) is 4.92 Å². The van der Waals surface area contributed by atoms with Crippen LogP contribution in [0.3, 0.4) is 0 Å². The van der Waals surface area contributed by atoms with E-state index in [2.05, 4.69) is 5.32 Å². The molecule has 1 amide bonds. The first-order valence-corrected chi connectivity index (χ1v) is 5.88. The van der Waals surface area contributed by atoms with Crippen LogP contribution in [-0.2, 0) is 0 Å². The number of hydrogen-bond donors (Lipinski definition) is 2. The van der Waals surface area contributed by atoms with E-state index in [1.165, 1.54) is 6.07 Å². The maximum absolute atomic E-state index is 11.8. The first-order valence-electron chi connectivity index (χ1n) is 5.88. The minimum Gasteiger partial charge on any atom is -0.395 e. The highest BCUT2D eigenvalue weighted by Gasteiger charge is 2.25. The van der Waals surface area contributed by atoms with Crippen molar-refractivity contribution in [3.63, 3.8) is 0 Å². The molecule has 7 heteroatoms. The second-order valence-electron chi connectivity index (χ2n) is 4.42. The molecule has 1 saturated carbocycles. The van der Waals surface area contributed by atoms with E-state index >= 15 is 0 Å². The van der Waals surface area contributed by atoms with Crippen LogP contribution in [0.25, 0.3) is 0 Å². The van der Waals surface area contributed by atoms with Gasteiger partial charge in [-0.3, -0.25) is 14.9 Å². The Hall–Kier alpha value is -1.89. The lowest BCUT2D eigenvalue weighted by molar-refractivity contribution is -0.402. The van der Waals surface area contributed by atoms with Crippen LogP contribution in [0.2, 0.25) is 0 Å².